The Bertz CT molecular complexity index is 477. The van der Waals surface area contributed by atoms with E-state index in [1.807, 2.05) is 19.1 Å². The van der Waals surface area contributed by atoms with Crippen molar-refractivity contribution in [3.8, 4) is 0 Å². The first-order chi connectivity index (χ1) is 13.5. The van der Waals surface area contributed by atoms with E-state index < -0.39 is 18.3 Å². The summed E-state index contributed by atoms with van der Waals surface area (Å²) >= 11 is 0. The fourth-order valence-corrected chi connectivity index (χ4v) is 3.77. The maximum Gasteiger partial charge on any atom is 0.220 e. The van der Waals surface area contributed by atoms with Crippen molar-refractivity contribution in [2.24, 2.45) is 11.8 Å². The van der Waals surface area contributed by atoms with Gasteiger partial charge in [-0.1, -0.05) is 57.4 Å². The van der Waals surface area contributed by atoms with Crippen molar-refractivity contribution < 1.29 is 20.1 Å². The molecule has 0 spiro atoms. The molecule has 1 fully saturated rings. The van der Waals surface area contributed by atoms with E-state index in [1.54, 1.807) is 6.08 Å². The average molecular weight is 396 g/mol. The van der Waals surface area contributed by atoms with E-state index in [-0.39, 0.29) is 17.7 Å². The summed E-state index contributed by atoms with van der Waals surface area (Å²) in [6.45, 7) is 4.91. The molecule has 0 aromatic carbocycles. The first-order valence-corrected chi connectivity index (χ1v) is 11.1. The quantitative estimate of drug-likeness (QED) is 0.268. The van der Waals surface area contributed by atoms with Crippen molar-refractivity contribution in [3.63, 3.8) is 0 Å². The number of allylic oxidation sites excluding steroid dienone is 2. The largest absolute Gasteiger partial charge is 0.393 e. The molecule has 162 valence electrons. The molecule has 0 heterocycles. The number of nitrogens with one attached hydrogen (secondary N) is 1. The minimum absolute atomic E-state index is 0.0294. The monoisotopic (exact) mass is 395 g/mol. The van der Waals surface area contributed by atoms with E-state index in [0.717, 1.165) is 51.5 Å². The Morgan fingerprint density at radius 2 is 1.89 bits per heavy atom. The van der Waals surface area contributed by atoms with Gasteiger partial charge in [0.1, 0.15) is 0 Å². The molecule has 1 saturated carbocycles. The van der Waals surface area contributed by atoms with Crippen LogP contribution in [0.4, 0.5) is 0 Å². The predicted molar refractivity (Wildman–Crippen MR) is 114 cm³/mol. The van der Waals surface area contributed by atoms with Crippen molar-refractivity contribution in [1.29, 1.82) is 0 Å². The lowest BCUT2D eigenvalue weighted by molar-refractivity contribution is -0.121. The Labute approximate surface area is 170 Å². The molecule has 0 aromatic rings. The normalized spacial score (nSPS) is 26.3. The van der Waals surface area contributed by atoms with E-state index >= 15 is 0 Å². The molecule has 0 aliphatic heterocycles. The van der Waals surface area contributed by atoms with Gasteiger partial charge in [0.15, 0.2) is 0 Å². The van der Waals surface area contributed by atoms with Crippen LogP contribution in [0, 0.1) is 11.8 Å². The maximum absolute atomic E-state index is 11.6. The lowest BCUT2D eigenvalue weighted by Gasteiger charge is -2.19. The molecule has 5 heteroatoms. The Hall–Kier alpha value is -1.17. The lowest BCUT2D eigenvalue weighted by Crippen LogP contribution is -2.23. The van der Waals surface area contributed by atoms with Gasteiger partial charge in [0.05, 0.1) is 18.3 Å². The summed E-state index contributed by atoms with van der Waals surface area (Å²) in [7, 11) is 0. The number of rotatable bonds is 14. The molecular formula is C23H41NO4. The van der Waals surface area contributed by atoms with Gasteiger partial charge in [-0.15, -0.1) is 0 Å². The fourth-order valence-electron chi connectivity index (χ4n) is 3.77. The fraction of sp³-hybridized carbons (Fsp3) is 0.783. The van der Waals surface area contributed by atoms with E-state index in [0.29, 0.717) is 19.3 Å². The SMILES string of the molecule is CCCCC[C@H](O)/C=C/[C@@H]1[C@@H](C/C=C\CCCC(=O)NCCC)[C@@H](O)C[C@H]1O. The van der Waals surface area contributed by atoms with Crippen LogP contribution in [0.25, 0.3) is 0 Å². The summed E-state index contributed by atoms with van der Waals surface area (Å²) in [5.74, 6) is -0.0502. The summed E-state index contributed by atoms with van der Waals surface area (Å²) in [4.78, 5) is 11.6. The number of unbranched alkanes of at least 4 members (excludes halogenated alkanes) is 3. The van der Waals surface area contributed by atoms with Gasteiger partial charge >= 0.3 is 0 Å². The second-order valence-electron chi connectivity index (χ2n) is 8.01. The average Bonchev–Trinajstić information content (AvgIpc) is 2.94. The zero-order valence-corrected chi connectivity index (χ0v) is 17.7. The summed E-state index contributed by atoms with van der Waals surface area (Å²) in [6, 6.07) is 0. The Balaban J connectivity index is 2.39. The molecule has 0 saturated heterocycles. The molecule has 28 heavy (non-hydrogen) atoms. The van der Waals surface area contributed by atoms with Crippen molar-refractivity contribution in [2.45, 2.75) is 96.4 Å². The molecule has 0 radical (unpaired) electrons. The van der Waals surface area contributed by atoms with Gasteiger partial charge in [0, 0.05) is 25.3 Å². The zero-order chi connectivity index (χ0) is 20.8. The van der Waals surface area contributed by atoms with E-state index in [1.165, 1.54) is 0 Å². The topological polar surface area (TPSA) is 89.8 Å². The molecule has 0 aromatic heterocycles. The highest BCUT2D eigenvalue weighted by Crippen LogP contribution is 2.36. The second kappa shape index (κ2) is 14.8. The number of hydrogen-bond acceptors (Lipinski definition) is 4. The van der Waals surface area contributed by atoms with Gasteiger partial charge < -0.3 is 20.6 Å². The Morgan fingerprint density at radius 3 is 2.61 bits per heavy atom. The molecule has 1 rings (SSSR count). The predicted octanol–water partition coefficient (Wildman–Crippen LogP) is 3.48. The number of hydrogen-bond donors (Lipinski definition) is 4. The molecular weight excluding hydrogens is 354 g/mol. The van der Waals surface area contributed by atoms with Crippen molar-refractivity contribution in [2.75, 3.05) is 6.54 Å². The van der Waals surface area contributed by atoms with Gasteiger partial charge in [-0.05, 0) is 38.0 Å². The first-order valence-electron chi connectivity index (χ1n) is 11.1. The third-order valence-electron chi connectivity index (χ3n) is 5.50. The molecule has 4 N–H and O–H groups in total. The van der Waals surface area contributed by atoms with E-state index in [2.05, 4.69) is 18.3 Å². The third kappa shape index (κ3) is 9.85. The van der Waals surface area contributed by atoms with Crippen molar-refractivity contribution >= 4 is 5.91 Å². The molecule has 0 unspecified atom stereocenters. The second-order valence-corrected chi connectivity index (χ2v) is 8.01. The van der Waals surface area contributed by atoms with Crippen LogP contribution in [0.2, 0.25) is 0 Å². The smallest absolute Gasteiger partial charge is 0.220 e. The molecule has 1 aliphatic rings. The van der Waals surface area contributed by atoms with Crippen LogP contribution in [0.3, 0.4) is 0 Å². The van der Waals surface area contributed by atoms with Crippen LogP contribution in [-0.4, -0.2) is 46.1 Å². The van der Waals surface area contributed by atoms with Crippen LogP contribution in [0.5, 0.6) is 0 Å². The molecule has 5 atom stereocenters. The summed E-state index contributed by atoms with van der Waals surface area (Å²) in [6.07, 6.45) is 14.4. The van der Waals surface area contributed by atoms with E-state index in [9.17, 15) is 20.1 Å². The Kier molecular flexibility index (Phi) is 13.1. The van der Waals surface area contributed by atoms with E-state index in [4.69, 9.17) is 0 Å². The minimum Gasteiger partial charge on any atom is -0.393 e. The van der Waals surface area contributed by atoms with Crippen molar-refractivity contribution in [1.82, 2.24) is 5.32 Å². The number of aliphatic hydroxyl groups is 3. The summed E-state index contributed by atoms with van der Waals surface area (Å²) < 4.78 is 0. The number of aliphatic hydroxyl groups excluding tert-OH is 3. The van der Waals surface area contributed by atoms with Gasteiger partial charge in [0.25, 0.3) is 0 Å². The molecule has 1 amide bonds. The van der Waals surface area contributed by atoms with Crippen LogP contribution in [0.15, 0.2) is 24.3 Å². The highest BCUT2D eigenvalue weighted by molar-refractivity contribution is 5.75. The molecule has 0 bridgehead atoms. The number of carbonyl (C=O) groups is 1. The van der Waals surface area contributed by atoms with Crippen molar-refractivity contribution in [3.05, 3.63) is 24.3 Å². The van der Waals surface area contributed by atoms with Gasteiger partial charge in [-0.3, -0.25) is 4.79 Å². The van der Waals surface area contributed by atoms with Gasteiger partial charge in [-0.2, -0.15) is 0 Å². The third-order valence-corrected chi connectivity index (χ3v) is 5.50. The lowest BCUT2D eigenvalue weighted by atomic mass is 9.89. The minimum atomic E-state index is -0.560. The summed E-state index contributed by atoms with van der Waals surface area (Å²) in [5, 5.41) is 33.5. The molecule has 1 aliphatic carbocycles. The van der Waals surface area contributed by atoms with Gasteiger partial charge in [-0.25, -0.2) is 0 Å². The zero-order valence-electron chi connectivity index (χ0n) is 17.7. The standard InChI is InChI=1S/C23H41NO4/c1-3-5-8-11-18(25)14-15-20-19(21(26)17-22(20)27)12-9-6-7-10-13-23(28)24-16-4-2/h6,9,14-15,18-22,25-27H,3-5,7-8,10-13,16-17H2,1-2H3,(H,24,28)/b9-6-,15-14+/t18-,19+,20+,21-,22+/m0/s1. The number of carbonyl (C=O) groups excluding carboxylic acids is 1. The van der Waals surface area contributed by atoms with Crippen LogP contribution in [0.1, 0.15) is 78.1 Å². The van der Waals surface area contributed by atoms with Crippen LogP contribution < -0.4 is 5.32 Å². The molecule has 5 nitrogen and oxygen atoms in total. The number of amides is 1. The van der Waals surface area contributed by atoms with Crippen LogP contribution in [-0.2, 0) is 4.79 Å². The first kappa shape index (κ1) is 24.9. The summed E-state index contributed by atoms with van der Waals surface area (Å²) in [5.41, 5.74) is 0. The Morgan fingerprint density at radius 1 is 1.11 bits per heavy atom. The highest BCUT2D eigenvalue weighted by Gasteiger charge is 2.39. The maximum atomic E-state index is 11.6. The van der Waals surface area contributed by atoms with Gasteiger partial charge in [0.2, 0.25) is 5.91 Å². The highest BCUT2D eigenvalue weighted by atomic mass is 16.3. The van der Waals surface area contributed by atoms with Crippen LogP contribution >= 0.6 is 0 Å².